The number of pyridine rings is 1. The summed E-state index contributed by atoms with van der Waals surface area (Å²) in [4.78, 5) is 32.8. The number of fused-ring (bicyclic) bond motifs is 3. The summed E-state index contributed by atoms with van der Waals surface area (Å²) in [6, 6.07) is 12.0. The van der Waals surface area contributed by atoms with E-state index < -0.39 is 12.0 Å². The second-order valence-corrected chi connectivity index (χ2v) is 13.1. The smallest absolute Gasteiger partial charge is 0.415 e. The van der Waals surface area contributed by atoms with Crippen LogP contribution < -0.4 is 4.74 Å². The fourth-order valence-electron chi connectivity index (χ4n) is 7.37. The van der Waals surface area contributed by atoms with E-state index in [1.807, 2.05) is 49.8 Å². The molecular weight excluding hydrogens is 608 g/mol. The van der Waals surface area contributed by atoms with Crippen molar-refractivity contribution in [2.45, 2.75) is 83.9 Å². The highest BCUT2D eigenvalue weighted by Crippen LogP contribution is 2.46. The van der Waals surface area contributed by atoms with Gasteiger partial charge in [-0.05, 0) is 98.0 Å². The molecule has 3 atom stereocenters. The Kier molecular flexibility index (Phi) is 8.41. The molecule has 0 radical (unpaired) electrons. The van der Waals surface area contributed by atoms with Crippen LogP contribution in [0.2, 0.25) is 0 Å². The van der Waals surface area contributed by atoms with Gasteiger partial charge in [0.2, 0.25) is 0 Å². The Labute approximate surface area is 279 Å². The molecule has 0 saturated heterocycles. The summed E-state index contributed by atoms with van der Waals surface area (Å²) < 4.78 is 15.0. The molecule has 1 fully saturated rings. The van der Waals surface area contributed by atoms with Crippen molar-refractivity contribution in [3.05, 3.63) is 82.3 Å². The van der Waals surface area contributed by atoms with E-state index in [1.54, 1.807) is 12.4 Å². The first-order valence-corrected chi connectivity index (χ1v) is 16.9. The molecule has 250 valence electrons. The van der Waals surface area contributed by atoms with Crippen LogP contribution in [-0.2, 0) is 23.1 Å². The SMILES string of the molecule is CCOC(=O)CC(c1cc(CN2C[C@@H](CC)Oc3cccnc3[C@@H]2C)c2ccn(C(=O)O)c2c1)c1cc(C2CC2)c2c(nnn2C)c1C. The van der Waals surface area contributed by atoms with E-state index in [0.717, 1.165) is 69.4 Å². The third-order valence-corrected chi connectivity index (χ3v) is 10.1. The van der Waals surface area contributed by atoms with E-state index in [4.69, 9.17) is 14.5 Å². The van der Waals surface area contributed by atoms with Gasteiger partial charge in [0.25, 0.3) is 0 Å². The predicted molar refractivity (Wildman–Crippen MR) is 181 cm³/mol. The van der Waals surface area contributed by atoms with Gasteiger partial charge in [0.05, 0.1) is 35.8 Å². The van der Waals surface area contributed by atoms with E-state index in [1.165, 1.54) is 10.1 Å². The maximum absolute atomic E-state index is 13.3. The second kappa shape index (κ2) is 12.7. The minimum absolute atomic E-state index is 0.0287. The van der Waals surface area contributed by atoms with Gasteiger partial charge in [0.1, 0.15) is 17.4 Å². The maximum Gasteiger partial charge on any atom is 0.415 e. The topological polar surface area (TPSA) is 125 Å². The van der Waals surface area contributed by atoms with Crippen LogP contribution in [-0.4, -0.2) is 65.9 Å². The molecular formula is C37H42N6O5. The number of carbonyl (C=O) groups is 2. The molecule has 1 saturated carbocycles. The zero-order valence-electron chi connectivity index (χ0n) is 28.1. The van der Waals surface area contributed by atoms with E-state index in [9.17, 15) is 14.7 Å². The van der Waals surface area contributed by atoms with Crippen molar-refractivity contribution in [3.63, 3.8) is 0 Å². The first-order valence-electron chi connectivity index (χ1n) is 16.9. The summed E-state index contributed by atoms with van der Waals surface area (Å²) in [6.45, 7) is 9.59. The second-order valence-electron chi connectivity index (χ2n) is 13.1. The van der Waals surface area contributed by atoms with Crippen molar-refractivity contribution in [1.29, 1.82) is 0 Å². The lowest BCUT2D eigenvalue weighted by Crippen LogP contribution is -2.34. The molecule has 5 aromatic rings. The number of aromatic nitrogens is 5. The summed E-state index contributed by atoms with van der Waals surface area (Å²) in [5.41, 5.74) is 8.27. The standard InChI is InChI=1S/C37H42N6O5/c1-6-26-20-42(22(4)35-32(48-26)9-8-13-38-35)19-25-15-24(16-31-27(25)12-14-43(31)37(45)46)29(18-33(44)47-7-2)28-17-30(23-10-11-23)36-34(21(28)3)39-40-41(36)5/h8-9,12-17,22-23,26,29H,6-7,10-11,18-20H2,1-5H3,(H,45,46)/t22-,26+,29?/m0/s1. The summed E-state index contributed by atoms with van der Waals surface area (Å²) >= 11 is 0. The molecule has 2 aromatic carbocycles. The van der Waals surface area contributed by atoms with E-state index in [-0.39, 0.29) is 31.1 Å². The van der Waals surface area contributed by atoms with Crippen LogP contribution in [0.3, 0.4) is 0 Å². The Morgan fingerprint density at radius 2 is 1.98 bits per heavy atom. The average molecular weight is 651 g/mol. The van der Waals surface area contributed by atoms with Crippen LogP contribution >= 0.6 is 0 Å². The summed E-state index contributed by atoms with van der Waals surface area (Å²) in [7, 11) is 1.92. The Hall–Kier alpha value is -4.77. The Balaban J connectivity index is 1.40. The molecule has 0 amide bonds. The molecule has 4 heterocycles. The van der Waals surface area contributed by atoms with Gasteiger partial charge in [-0.3, -0.25) is 19.2 Å². The van der Waals surface area contributed by atoms with E-state index in [0.29, 0.717) is 24.5 Å². The van der Waals surface area contributed by atoms with Gasteiger partial charge in [-0.1, -0.05) is 24.3 Å². The van der Waals surface area contributed by atoms with Crippen LogP contribution in [0, 0.1) is 6.92 Å². The van der Waals surface area contributed by atoms with Gasteiger partial charge in [-0.25, -0.2) is 9.48 Å². The number of carbonyl (C=O) groups excluding carboxylic acids is 1. The zero-order chi connectivity index (χ0) is 33.7. The minimum Gasteiger partial charge on any atom is -0.487 e. The van der Waals surface area contributed by atoms with Crippen LogP contribution in [0.4, 0.5) is 4.79 Å². The number of benzene rings is 2. The van der Waals surface area contributed by atoms with Gasteiger partial charge in [0.15, 0.2) is 0 Å². The third-order valence-electron chi connectivity index (χ3n) is 10.1. The number of aryl methyl sites for hydroxylation is 2. The highest BCUT2D eigenvalue weighted by atomic mass is 16.5. The summed E-state index contributed by atoms with van der Waals surface area (Å²) in [5.74, 6) is 0.510. The first-order chi connectivity index (χ1) is 23.2. The molecule has 48 heavy (non-hydrogen) atoms. The van der Waals surface area contributed by atoms with Crippen molar-refractivity contribution >= 4 is 34.0 Å². The Bertz CT molecular complexity index is 2030. The maximum atomic E-state index is 13.3. The highest BCUT2D eigenvalue weighted by molar-refractivity contribution is 5.92. The number of carboxylic acid groups (broad SMARTS) is 1. The van der Waals surface area contributed by atoms with Crippen molar-refractivity contribution in [2.75, 3.05) is 13.2 Å². The van der Waals surface area contributed by atoms with Gasteiger partial charge >= 0.3 is 12.1 Å². The minimum atomic E-state index is -1.07. The number of rotatable bonds is 9. The number of ether oxygens (including phenoxy) is 2. The average Bonchev–Trinajstić information content (AvgIpc) is 3.73. The van der Waals surface area contributed by atoms with Crippen LogP contribution in [0.25, 0.3) is 21.9 Å². The predicted octanol–water partition coefficient (Wildman–Crippen LogP) is 6.85. The molecule has 11 nitrogen and oxygen atoms in total. The number of nitrogens with zero attached hydrogens (tertiary/aromatic N) is 6. The van der Waals surface area contributed by atoms with Gasteiger partial charge in [0, 0.05) is 43.8 Å². The molecule has 2 aliphatic rings. The lowest BCUT2D eigenvalue weighted by Gasteiger charge is -2.29. The van der Waals surface area contributed by atoms with Crippen molar-refractivity contribution in [2.24, 2.45) is 7.05 Å². The van der Waals surface area contributed by atoms with Gasteiger partial charge in [-0.2, -0.15) is 0 Å². The number of hydrogen-bond donors (Lipinski definition) is 1. The van der Waals surface area contributed by atoms with Crippen LogP contribution in [0.5, 0.6) is 5.75 Å². The Morgan fingerprint density at radius 3 is 2.71 bits per heavy atom. The zero-order valence-corrected chi connectivity index (χ0v) is 28.1. The normalized spacial score (nSPS) is 18.8. The summed E-state index contributed by atoms with van der Waals surface area (Å²) in [6.07, 6.45) is 5.43. The molecule has 7 rings (SSSR count). The van der Waals surface area contributed by atoms with Crippen molar-refractivity contribution < 1.29 is 24.2 Å². The molecule has 3 aromatic heterocycles. The lowest BCUT2D eigenvalue weighted by atomic mass is 9.83. The molecule has 1 aliphatic heterocycles. The molecule has 1 unspecified atom stereocenters. The highest BCUT2D eigenvalue weighted by Gasteiger charge is 2.33. The van der Waals surface area contributed by atoms with Crippen molar-refractivity contribution in [3.8, 4) is 5.75 Å². The molecule has 11 heteroatoms. The number of esters is 1. The fourth-order valence-corrected chi connectivity index (χ4v) is 7.37. The van der Waals surface area contributed by atoms with Gasteiger partial charge in [-0.15, -0.1) is 5.10 Å². The first kappa shape index (κ1) is 31.8. The molecule has 1 N–H and O–H groups in total. The monoisotopic (exact) mass is 650 g/mol. The van der Waals surface area contributed by atoms with Crippen LogP contribution in [0.1, 0.15) is 97.8 Å². The quantitative estimate of drug-likeness (QED) is 0.171. The molecule has 1 aliphatic carbocycles. The Morgan fingerprint density at radius 1 is 1.17 bits per heavy atom. The lowest BCUT2D eigenvalue weighted by molar-refractivity contribution is -0.143. The fraction of sp³-hybridized carbons (Fsp3) is 0.432. The summed E-state index contributed by atoms with van der Waals surface area (Å²) in [5, 5.41) is 20.0. The van der Waals surface area contributed by atoms with E-state index in [2.05, 4.69) is 41.2 Å². The largest absolute Gasteiger partial charge is 0.487 e. The van der Waals surface area contributed by atoms with Crippen molar-refractivity contribution in [1.82, 2.24) is 29.4 Å². The third kappa shape index (κ3) is 5.70. The van der Waals surface area contributed by atoms with E-state index >= 15 is 0 Å². The van der Waals surface area contributed by atoms with Gasteiger partial charge < -0.3 is 14.6 Å². The van der Waals surface area contributed by atoms with Crippen LogP contribution in [0.15, 0.2) is 48.8 Å². The molecule has 0 spiro atoms. The molecule has 0 bridgehead atoms. The number of hydrogen-bond acceptors (Lipinski definition) is 8.